The molecule has 0 aromatic carbocycles. The molecule has 0 spiro atoms. The van der Waals surface area contributed by atoms with E-state index in [0.29, 0.717) is 17.8 Å². The Morgan fingerprint density at radius 3 is 2.09 bits per heavy atom. The normalized spacial score (nSPS) is 32.6. The average molecular weight is 309 g/mol. The molecular weight excluding hydrogens is 272 g/mol. The van der Waals surface area contributed by atoms with Crippen molar-refractivity contribution in [2.75, 3.05) is 13.2 Å². The van der Waals surface area contributed by atoms with Crippen LogP contribution in [0.4, 0.5) is 0 Å². The van der Waals surface area contributed by atoms with E-state index in [0.717, 1.165) is 25.0 Å². The molecule has 0 amide bonds. The van der Waals surface area contributed by atoms with Crippen molar-refractivity contribution in [3.63, 3.8) is 0 Å². The van der Waals surface area contributed by atoms with E-state index in [1.165, 1.54) is 32.1 Å². The van der Waals surface area contributed by atoms with E-state index in [2.05, 4.69) is 40.7 Å². The van der Waals surface area contributed by atoms with Crippen LogP contribution in [0.15, 0.2) is 11.6 Å². The highest BCUT2D eigenvalue weighted by Crippen LogP contribution is 2.33. The lowest BCUT2D eigenvalue weighted by atomic mass is 9.78. The summed E-state index contributed by atoms with van der Waals surface area (Å²) in [6, 6.07) is 0. The molecular formula is C20H36O2. The Kier molecular flexibility index (Phi) is 6.95. The van der Waals surface area contributed by atoms with Crippen molar-refractivity contribution < 1.29 is 9.47 Å². The molecule has 1 aliphatic heterocycles. The number of rotatable bonds is 6. The first-order valence-corrected chi connectivity index (χ1v) is 9.36. The summed E-state index contributed by atoms with van der Waals surface area (Å²) in [6.45, 7) is 13.2. The lowest BCUT2D eigenvalue weighted by molar-refractivity contribution is -0.225. The molecule has 22 heavy (non-hydrogen) atoms. The Morgan fingerprint density at radius 2 is 1.59 bits per heavy atom. The van der Waals surface area contributed by atoms with Gasteiger partial charge in [-0.25, -0.2) is 0 Å². The predicted octanol–water partition coefficient (Wildman–Crippen LogP) is 5.43. The lowest BCUT2D eigenvalue weighted by Crippen LogP contribution is -2.37. The molecule has 2 heteroatoms. The van der Waals surface area contributed by atoms with E-state index in [4.69, 9.17) is 9.47 Å². The fourth-order valence-electron chi connectivity index (χ4n) is 3.75. The quantitative estimate of drug-likeness (QED) is 0.609. The third-order valence-corrected chi connectivity index (χ3v) is 5.86. The molecule has 0 saturated carbocycles. The molecule has 0 aromatic heterocycles. The van der Waals surface area contributed by atoms with E-state index in [-0.39, 0.29) is 6.29 Å². The molecule has 3 unspecified atom stereocenters. The molecule has 1 heterocycles. The molecule has 1 fully saturated rings. The van der Waals surface area contributed by atoms with Crippen LogP contribution in [0, 0.1) is 29.6 Å². The van der Waals surface area contributed by atoms with Gasteiger partial charge in [0.2, 0.25) is 0 Å². The molecule has 1 saturated heterocycles. The highest BCUT2D eigenvalue weighted by atomic mass is 16.7. The Hall–Kier alpha value is -0.340. The molecule has 0 bridgehead atoms. The Bertz CT molecular complexity index is 353. The molecule has 1 aliphatic carbocycles. The minimum atomic E-state index is 0.0136. The van der Waals surface area contributed by atoms with Crippen molar-refractivity contribution in [1.82, 2.24) is 0 Å². The van der Waals surface area contributed by atoms with Gasteiger partial charge in [0, 0.05) is 11.8 Å². The summed E-state index contributed by atoms with van der Waals surface area (Å²) in [5, 5.41) is 0. The van der Waals surface area contributed by atoms with Crippen LogP contribution in [0.1, 0.15) is 66.7 Å². The van der Waals surface area contributed by atoms with Crippen LogP contribution in [0.5, 0.6) is 0 Å². The molecule has 0 aromatic rings. The van der Waals surface area contributed by atoms with Crippen molar-refractivity contribution in [1.29, 1.82) is 0 Å². The Morgan fingerprint density at radius 1 is 1.00 bits per heavy atom. The van der Waals surface area contributed by atoms with Crippen molar-refractivity contribution in [2.45, 2.75) is 73.0 Å². The first kappa shape index (κ1) is 18.0. The second kappa shape index (κ2) is 8.49. The van der Waals surface area contributed by atoms with E-state index in [1.807, 2.05) is 0 Å². The minimum Gasteiger partial charge on any atom is -0.352 e. The van der Waals surface area contributed by atoms with Gasteiger partial charge in [-0.3, -0.25) is 0 Å². The van der Waals surface area contributed by atoms with Crippen LogP contribution >= 0.6 is 0 Å². The summed E-state index contributed by atoms with van der Waals surface area (Å²) >= 11 is 0. The van der Waals surface area contributed by atoms with Gasteiger partial charge in [0.15, 0.2) is 6.29 Å². The molecule has 0 N–H and O–H groups in total. The van der Waals surface area contributed by atoms with Gasteiger partial charge in [0.25, 0.3) is 0 Å². The van der Waals surface area contributed by atoms with Crippen LogP contribution in [0.25, 0.3) is 0 Å². The Labute approximate surface area is 137 Å². The molecule has 2 nitrogen and oxygen atoms in total. The first-order valence-electron chi connectivity index (χ1n) is 9.36. The van der Waals surface area contributed by atoms with Gasteiger partial charge in [-0.05, 0) is 43.9 Å². The van der Waals surface area contributed by atoms with Crippen molar-refractivity contribution in [3.05, 3.63) is 11.6 Å². The second-order valence-corrected chi connectivity index (χ2v) is 8.16. The second-order valence-electron chi connectivity index (χ2n) is 8.16. The Balaban J connectivity index is 1.68. The zero-order chi connectivity index (χ0) is 16.1. The largest absolute Gasteiger partial charge is 0.352 e. The SMILES string of the molecule is CC1=CCC(C(C)CCC(C)C2COC(C(C)C)OC2)CC1. The van der Waals surface area contributed by atoms with Gasteiger partial charge in [0.05, 0.1) is 13.2 Å². The van der Waals surface area contributed by atoms with Crippen molar-refractivity contribution in [3.8, 4) is 0 Å². The molecule has 3 atom stereocenters. The topological polar surface area (TPSA) is 18.5 Å². The van der Waals surface area contributed by atoms with Gasteiger partial charge < -0.3 is 9.47 Å². The van der Waals surface area contributed by atoms with E-state index < -0.39 is 0 Å². The highest BCUT2D eigenvalue weighted by molar-refractivity contribution is 5.03. The van der Waals surface area contributed by atoms with E-state index in [1.54, 1.807) is 5.57 Å². The average Bonchev–Trinajstić information content (AvgIpc) is 2.53. The zero-order valence-corrected chi connectivity index (χ0v) is 15.3. The maximum absolute atomic E-state index is 5.88. The van der Waals surface area contributed by atoms with Crippen molar-refractivity contribution >= 4 is 0 Å². The number of ether oxygens (including phenoxy) is 2. The summed E-state index contributed by atoms with van der Waals surface area (Å²) in [7, 11) is 0. The van der Waals surface area contributed by atoms with Gasteiger partial charge in [-0.15, -0.1) is 0 Å². The molecule has 2 aliphatic rings. The minimum absolute atomic E-state index is 0.0136. The van der Waals surface area contributed by atoms with Gasteiger partial charge in [-0.1, -0.05) is 52.2 Å². The van der Waals surface area contributed by atoms with Crippen LogP contribution in [-0.2, 0) is 9.47 Å². The predicted molar refractivity (Wildman–Crippen MR) is 92.7 cm³/mol. The van der Waals surface area contributed by atoms with Gasteiger partial charge >= 0.3 is 0 Å². The fraction of sp³-hybridized carbons (Fsp3) is 0.900. The summed E-state index contributed by atoms with van der Waals surface area (Å²) in [4.78, 5) is 0. The maximum Gasteiger partial charge on any atom is 0.159 e. The maximum atomic E-state index is 5.88. The van der Waals surface area contributed by atoms with Crippen molar-refractivity contribution in [2.24, 2.45) is 29.6 Å². The summed E-state index contributed by atoms with van der Waals surface area (Å²) in [5.74, 6) is 3.49. The number of hydrogen-bond acceptors (Lipinski definition) is 2. The van der Waals surface area contributed by atoms with E-state index in [9.17, 15) is 0 Å². The number of hydrogen-bond donors (Lipinski definition) is 0. The van der Waals surface area contributed by atoms with E-state index >= 15 is 0 Å². The molecule has 2 rings (SSSR count). The summed E-state index contributed by atoms with van der Waals surface area (Å²) in [6.07, 6.45) is 9.14. The third-order valence-electron chi connectivity index (χ3n) is 5.86. The molecule has 0 radical (unpaired) electrons. The lowest BCUT2D eigenvalue weighted by Gasteiger charge is -2.35. The summed E-state index contributed by atoms with van der Waals surface area (Å²) < 4.78 is 11.8. The van der Waals surface area contributed by atoms with Crippen LogP contribution < -0.4 is 0 Å². The van der Waals surface area contributed by atoms with Crippen LogP contribution in [0.2, 0.25) is 0 Å². The third kappa shape index (κ3) is 5.09. The first-order chi connectivity index (χ1) is 10.5. The fourth-order valence-corrected chi connectivity index (χ4v) is 3.75. The number of allylic oxidation sites excluding steroid dienone is 2. The molecule has 128 valence electrons. The standard InChI is InChI=1S/C20H36O2/c1-14(2)20-21-12-19(13-22-20)17(5)9-8-16(4)18-10-6-15(3)7-11-18/h6,14,16-20H,7-13H2,1-5H3. The smallest absolute Gasteiger partial charge is 0.159 e. The monoisotopic (exact) mass is 308 g/mol. The van der Waals surface area contributed by atoms with Crippen LogP contribution in [-0.4, -0.2) is 19.5 Å². The van der Waals surface area contributed by atoms with Gasteiger partial charge in [-0.2, -0.15) is 0 Å². The summed E-state index contributed by atoms with van der Waals surface area (Å²) in [5.41, 5.74) is 1.59. The van der Waals surface area contributed by atoms with Gasteiger partial charge in [0.1, 0.15) is 0 Å². The highest BCUT2D eigenvalue weighted by Gasteiger charge is 2.28. The van der Waals surface area contributed by atoms with Crippen LogP contribution in [0.3, 0.4) is 0 Å². The zero-order valence-electron chi connectivity index (χ0n) is 15.3.